The molecule has 0 radical (unpaired) electrons. The Hall–Kier alpha value is -3.23. The van der Waals surface area contributed by atoms with Crippen molar-refractivity contribution in [3.63, 3.8) is 0 Å². The summed E-state index contributed by atoms with van der Waals surface area (Å²) in [6.07, 6.45) is 5.35. The van der Waals surface area contributed by atoms with E-state index >= 15 is 0 Å². The van der Waals surface area contributed by atoms with E-state index in [2.05, 4.69) is 38.1 Å². The number of likely N-dealkylation sites (tertiary alicyclic amines) is 1. The number of hydrogen-bond acceptors (Lipinski definition) is 5. The molecule has 1 aromatic heterocycles. The van der Waals surface area contributed by atoms with Gasteiger partial charge in [0, 0.05) is 31.7 Å². The van der Waals surface area contributed by atoms with Crippen molar-refractivity contribution in [2.75, 3.05) is 31.5 Å². The standard InChI is InChI=1S/C23H30N6O3/c1-3-24-23(25-10-9-18(30)28-17-6-4-5-14(2)27-17)26-11-12-29-21(31)19-15-7-8-16(13-15)20(19)22(29)32/h4-8,15-16,19-20H,3,9-13H2,1-2H3,(H2,24,25,26)(H,27,28,30). The summed E-state index contributed by atoms with van der Waals surface area (Å²) >= 11 is 0. The molecule has 1 aliphatic heterocycles. The van der Waals surface area contributed by atoms with Crippen LogP contribution >= 0.6 is 0 Å². The lowest BCUT2D eigenvalue weighted by Crippen LogP contribution is -2.43. The van der Waals surface area contributed by atoms with Gasteiger partial charge in [0.1, 0.15) is 5.82 Å². The number of hydrogen-bond donors (Lipinski definition) is 3. The molecule has 3 N–H and O–H groups in total. The van der Waals surface area contributed by atoms with Crippen LogP contribution in [0.2, 0.25) is 0 Å². The van der Waals surface area contributed by atoms with E-state index in [1.54, 1.807) is 6.07 Å². The number of carbonyl (C=O) groups is 3. The number of allylic oxidation sites excluding steroid dienone is 2. The Kier molecular flexibility index (Phi) is 6.53. The van der Waals surface area contributed by atoms with E-state index in [-0.39, 0.29) is 47.8 Å². The number of amides is 3. The van der Waals surface area contributed by atoms with Crippen LogP contribution in [0.15, 0.2) is 35.3 Å². The maximum Gasteiger partial charge on any atom is 0.233 e. The van der Waals surface area contributed by atoms with E-state index in [0.717, 1.165) is 12.1 Å². The van der Waals surface area contributed by atoms with Gasteiger partial charge >= 0.3 is 0 Å². The topological polar surface area (TPSA) is 116 Å². The van der Waals surface area contributed by atoms with Crippen LogP contribution in [0, 0.1) is 30.6 Å². The zero-order chi connectivity index (χ0) is 22.7. The smallest absolute Gasteiger partial charge is 0.233 e. The molecular formula is C23H30N6O3. The zero-order valence-corrected chi connectivity index (χ0v) is 18.5. The molecule has 1 saturated carbocycles. The first-order valence-electron chi connectivity index (χ1n) is 11.3. The predicted molar refractivity (Wildman–Crippen MR) is 121 cm³/mol. The molecule has 2 bridgehead atoms. The minimum Gasteiger partial charge on any atom is -0.357 e. The third-order valence-corrected chi connectivity index (χ3v) is 6.30. The van der Waals surface area contributed by atoms with Crippen LogP contribution < -0.4 is 16.0 Å². The average Bonchev–Trinajstić information content (AvgIpc) is 3.43. The van der Waals surface area contributed by atoms with Gasteiger partial charge in [-0.05, 0) is 44.2 Å². The molecule has 170 valence electrons. The molecule has 4 atom stereocenters. The lowest BCUT2D eigenvalue weighted by molar-refractivity contribution is -0.140. The second-order valence-corrected chi connectivity index (χ2v) is 8.48. The molecule has 32 heavy (non-hydrogen) atoms. The molecule has 2 heterocycles. The number of fused-ring (bicyclic) bond motifs is 5. The number of rotatable bonds is 8. The second-order valence-electron chi connectivity index (χ2n) is 8.48. The van der Waals surface area contributed by atoms with Gasteiger partial charge in [0.05, 0.1) is 18.4 Å². The molecular weight excluding hydrogens is 408 g/mol. The molecule has 0 aromatic carbocycles. The highest BCUT2D eigenvalue weighted by Crippen LogP contribution is 2.52. The fourth-order valence-corrected chi connectivity index (χ4v) is 4.90. The lowest BCUT2D eigenvalue weighted by Gasteiger charge is -2.18. The Labute approximate surface area is 187 Å². The first kappa shape index (κ1) is 22.0. The van der Waals surface area contributed by atoms with Crippen molar-refractivity contribution >= 4 is 29.5 Å². The van der Waals surface area contributed by atoms with Gasteiger partial charge in [-0.15, -0.1) is 0 Å². The number of aryl methyl sites for hydroxylation is 1. The summed E-state index contributed by atoms with van der Waals surface area (Å²) in [7, 11) is 0. The molecule has 3 aliphatic rings. The first-order chi connectivity index (χ1) is 15.5. The predicted octanol–water partition coefficient (Wildman–Crippen LogP) is 1.08. The van der Waals surface area contributed by atoms with Crippen molar-refractivity contribution < 1.29 is 14.4 Å². The SMILES string of the molecule is CCNC(=NCCC(=O)Nc1cccc(C)n1)NCCN1C(=O)C2C3C=CC(C3)C2C1=O. The van der Waals surface area contributed by atoms with E-state index in [1.165, 1.54) is 4.90 Å². The maximum atomic E-state index is 12.8. The molecule has 0 spiro atoms. The molecule has 9 heteroatoms. The van der Waals surface area contributed by atoms with E-state index in [1.807, 2.05) is 26.0 Å². The van der Waals surface area contributed by atoms with Crippen LogP contribution in [0.3, 0.4) is 0 Å². The summed E-state index contributed by atoms with van der Waals surface area (Å²) < 4.78 is 0. The van der Waals surface area contributed by atoms with Gasteiger partial charge < -0.3 is 16.0 Å². The van der Waals surface area contributed by atoms with E-state index in [0.29, 0.717) is 38.0 Å². The zero-order valence-electron chi connectivity index (χ0n) is 18.5. The van der Waals surface area contributed by atoms with Gasteiger partial charge in [-0.1, -0.05) is 18.2 Å². The molecule has 2 aliphatic carbocycles. The number of pyridine rings is 1. The van der Waals surface area contributed by atoms with Crippen molar-refractivity contribution in [2.45, 2.75) is 26.7 Å². The van der Waals surface area contributed by atoms with E-state index < -0.39 is 0 Å². The highest BCUT2D eigenvalue weighted by atomic mass is 16.2. The molecule has 2 fully saturated rings. The molecule has 3 amide bonds. The first-order valence-corrected chi connectivity index (χ1v) is 11.3. The summed E-state index contributed by atoms with van der Waals surface area (Å²) in [6, 6.07) is 5.45. The summed E-state index contributed by atoms with van der Waals surface area (Å²) in [4.78, 5) is 47.7. The average molecular weight is 439 g/mol. The van der Waals surface area contributed by atoms with Crippen molar-refractivity contribution in [3.05, 3.63) is 36.0 Å². The number of imide groups is 1. The Balaban J connectivity index is 1.24. The molecule has 1 saturated heterocycles. The van der Waals surface area contributed by atoms with Crippen LogP contribution in [-0.2, 0) is 14.4 Å². The minimum absolute atomic E-state index is 0.0398. The third kappa shape index (κ3) is 4.51. The van der Waals surface area contributed by atoms with Gasteiger partial charge in [-0.25, -0.2) is 4.98 Å². The Bertz CT molecular complexity index is 929. The van der Waals surface area contributed by atoms with E-state index in [9.17, 15) is 14.4 Å². The number of anilines is 1. The van der Waals surface area contributed by atoms with Gasteiger partial charge in [-0.2, -0.15) is 0 Å². The quantitative estimate of drug-likeness (QED) is 0.242. The van der Waals surface area contributed by atoms with E-state index in [4.69, 9.17) is 0 Å². The number of carbonyl (C=O) groups excluding carboxylic acids is 3. The van der Waals surface area contributed by atoms with Crippen LogP contribution in [-0.4, -0.2) is 59.7 Å². The van der Waals surface area contributed by atoms with Crippen molar-refractivity contribution in [1.82, 2.24) is 20.5 Å². The number of guanidine groups is 1. The number of nitrogens with one attached hydrogen (secondary N) is 3. The molecule has 4 unspecified atom stereocenters. The van der Waals surface area contributed by atoms with Gasteiger partial charge in [0.15, 0.2) is 5.96 Å². The summed E-state index contributed by atoms with van der Waals surface area (Å²) in [5.74, 6) is 0.947. The van der Waals surface area contributed by atoms with Gasteiger partial charge in [0.25, 0.3) is 0 Å². The highest BCUT2D eigenvalue weighted by Gasteiger charge is 2.58. The lowest BCUT2D eigenvalue weighted by atomic mass is 9.85. The normalized spacial score (nSPS) is 25.9. The number of aliphatic imine (C=N–C) groups is 1. The summed E-state index contributed by atoms with van der Waals surface area (Å²) in [5, 5.41) is 9.04. The van der Waals surface area contributed by atoms with Crippen molar-refractivity contribution in [1.29, 1.82) is 0 Å². The largest absolute Gasteiger partial charge is 0.357 e. The van der Waals surface area contributed by atoms with Gasteiger partial charge in [-0.3, -0.25) is 24.3 Å². The van der Waals surface area contributed by atoms with Crippen molar-refractivity contribution in [3.8, 4) is 0 Å². The highest BCUT2D eigenvalue weighted by molar-refractivity contribution is 6.06. The van der Waals surface area contributed by atoms with Crippen LogP contribution in [0.1, 0.15) is 25.5 Å². The van der Waals surface area contributed by atoms with Crippen LogP contribution in [0.4, 0.5) is 5.82 Å². The van der Waals surface area contributed by atoms with Crippen LogP contribution in [0.25, 0.3) is 0 Å². The second kappa shape index (κ2) is 9.50. The molecule has 9 nitrogen and oxygen atoms in total. The Morgan fingerprint density at radius 2 is 1.88 bits per heavy atom. The fraction of sp³-hybridized carbons (Fsp3) is 0.522. The van der Waals surface area contributed by atoms with Crippen LogP contribution in [0.5, 0.6) is 0 Å². The third-order valence-electron chi connectivity index (χ3n) is 6.30. The number of aromatic nitrogens is 1. The Morgan fingerprint density at radius 1 is 1.16 bits per heavy atom. The number of nitrogens with zero attached hydrogens (tertiary/aromatic N) is 3. The maximum absolute atomic E-state index is 12.8. The Morgan fingerprint density at radius 3 is 2.53 bits per heavy atom. The minimum atomic E-state index is -0.166. The summed E-state index contributed by atoms with van der Waals surface area (Å²) in [5.41, 5.74) is 0.835. The van der Waals surface area contributed by atoms with Gasteiger partial charge in [0.2, 0.25) is 17.7 Å². The fourth-order valence-electron chi connectivity index (χ4n) is 4.90. The monoisotopic (exact) mass is 438 g/mol. The molecule has 4 rings (SSSR count). The summed E-state index contributed by atoms with van der Waals surface area (Å²) in [6.45, 7) is 5.49. The molecule has 1 aromatic rings. The van der Waals surface area contributed by atoms with Crippen molar-refractivity contribution in [2.24, 2.45) is 28.7 Å².